The normalized spacial score (nSPS) is 11.3. The number of hydrogen-bond acceptors (Lipinski definition) is 3. The summed E-state index contributed by atoms with van der Waals surface area (Å²) >= 11 is 0. The van der Waals surface area contributed by atoms with Crippen molar-refractivity contribution >= 4 is 21.6 Å². The van der Waals surface area contributed by atoms with Gasteiger partial charge in [0.15, 0.2) is 0 Å². The molecule has 2 rings (SSSR count). The summed E-state index contributed by atoms with van der Waals surface area (Å²) in [5.74, 6) is -0.549. The zero-order valence-corrected chi connectivity index (χ0v) is 16.6. The van der Waals surface area contributed by atoms with E-state index in [0.29, 0.717) is 17.7 Å². The van der Waals surface area contributed by atoms with E-state index in [9.17, 15) is 17.6 Å². The third kappa shape index (κ3) is 6.36. The molecule has 5 nitrogen and oxygen atoms in total. The molecule has 0 fully saturated rings. The molecule has 2 aromatic rings. The van der Waals surface area contributed by atoms with Crippen molar-refractivity contribution in [1.82, 2.24) is 5.32 Å². The number of hydrogen-bond donors (Lipinski definition) is 1. The number of carbonyl (C=O) groups is 1. The number of benzene rings is 2. The van der Waals surface area contributed by atoms with Gasteiger partial charge in [-0.15, -0.1) is 0 Å². The predicted molar refractivity (Wildman–Crippen MR) is 106 cm³/mol. The van der Waals surface area contributed by atoms with E-state index >= 15 is 0 Å². The molecule has 2 aromatic carbocycles. The molecule has 0 radical (unpaired) electrons. The molecule has 0 aliphatic rings. The first-order valence-corrected chi connectivity index (χ1v) is 10.6. The van der Waals surface area contributed by atoms with Gasteiger partial charge in [-0.3, -0.25) is 9.10 Å². The fraction of sp³-hybridized carbons (Fsp3) is 0.350. The Morgan fingerprint density at radius 1 is 1.11 bits per heavy atom. The van der Waals surface area contributed by atoms with Crippen LogP contribution in [0.25, 0.3) is 0 Å². The second-order valence-corrected chi connectivity index (χ2v) is 8.52. The maximum atomic E-state index is 13.1. The van der Waals surface area contributed by atoms with Crippen LogP contribution in [0.4, 0.5) is 10.1 Å². The van der Waals surface area contributed by atoms with Crippen LogP contribution in [0.2, 0.25) is 0 Å². The number of sulfonamides is 1. The van der Waals surface area contributed by atoms with Gasteiger partial charge in [0.05, 0.1) is 11.9 Å². The van der Waals surface area contributed by atoms with Gasteiger partial charge >= 0.3 is 0 Å². The molecule has 1 N–H and O–H groups in total. The fourth-order valence-electron chi connectivity index (χ4n) is 2.69. The lowest BCUT2D eigenvalue weighted by Gasteiger charge is -2.23. The minimum absolute atomic E-state index is 0.187. The van der Waals surface area contributed by atoms with Crippen molar-refractivity contribution in [2.45, 2.75) is 33.2 Å². The van der Waals surface area contributed by atoms with Crippen LogP contribution >= 0.6 is 0 Å². The lowest BCUT2D eigenvalue weighted by atomic mass is 10.1. The van der Waals surface area contributed by atoms with Crippen LogP contribution < -0.4 is 9.62 Å². The van der Waals surface area contributed by atoms with Gasteiger partial charge in [-0.05, 0) is 61.2 Å². The van der Waals surface area contributed by atoms with Crippen molar-refractivity contribution in [3.8, 4) is 0 Å². The molecule has 0 heterocycles. The molecule has 0 aliphatic heterocycles. The average molecular weight is 392 g/mol. The second-order valence-electron chi connectivity index (χ2n) is 6.61. The standard InChI is InChI=1S/C20H25FN2O3S/c1-15-9-10-19(12-16(15)2)23(27(3,25)26)11-5-8-20(24)22-14-17-6-4-7-18(21)13-17/h4,6-7,9-10,12-13H,5,8,11,14H2,1-3H3,(H,22,24). The minimum Gasteiger partial charge on any atom is -0.352 e. The number of rotatable bonds is 8. The molecule has 0 unspecified atom stereocenters. The molecule has 0 atom stereocenters. The molecule has 27 heavy (non-hydrogen) atoms. The first kappa shape index (κ1) is 20.9. The highest BCUT2D eigenvalue weighted by Crippen LogP contribution is 2.21. The second kappa shape index (κ2) is 8.99. The van der Waals surface area contributed by atoms with Crippen molar-refractivity contribution in [2.24, 2.45) is 0 Å². The zero-order valence-electron chi connectivity index (χ0n) is 15.8. The minimum atomic E-state index is -3.45. The Bertz CT molecular complexity index is 913. The van der Waals surface area contributed by atoms with Crippen LogP contribution in [-0.4, -0.2) is 27.1 Å². The van der Waals surface area contributed by atoms with Crippen molar-refractivity contribution in [3.63, 3.8) is 0 Å². The predicted octanol–water partition coefficient (Wildman–Crippen LogP) is 3.31. The number of carbonyl (C=O) groups excluding carboxylic acids is 1. The summed E-state index contributed by atoms with van der Waals surface area (Å²) in [6.07, 6.45) is 1.73. The molecule has 0 spiro atoms. The lowest BCUT2D eigenvalue weighted by Crippen LogP contribution is -2.32. The summed E-state index contributed by atoms with van der Waals surface area (Å²) in [5, 5.41) is 2.72. The van der Waals surface area contributed by atoms with Gasteiger partial charge in [0.25, 0.3) is 0 Å². The first-order chi connectivity index (χ1) is 12.7. The van der Waals surface area contributed by atoms with Gasteiger partial charge < -0.3 is 5.32 Å². The topological polar surface area (TPSA) is 66.5 Å². The molecule has 7 heteroatoms. The van der Waals surface area contributed by atoms with Crippen LogP contribution in [0, 0.1) is 19.7 Å². The number of halogens is 1. The van der Waals surface area contributed by atoms with Crippen LogP contribution in [-0.2, 0) is 21.4 Å². The highest BCUT2D eigenvalue weighted by molar-refractivity contribution is 7.92. The Hall–Kier alpha value is -2.41. The maximum absolute atomic E-state index is 13.1. The largest absolute Gasteiger partial charge is 0.352 e. The molecular formula is C20H25FN2O3S. The van der Waals surface area contributed by atoms with Crippen LogP contribution in [0.5, 0.6) is 0 Å². The van der Waals surface area contributed by atoms with E-state index in [1.54, 1.807) is 18.2 Å². The van der Waals surface area contributed by atoms with Crippen molar-refractivity contribution in [2.75, 3.05) is 17.1 Å². The Labute approximate surface area is 160 Å². The fourth-order valence-corrected chi connectivity index (χ4v) is 3.64. The van der Waals surface area contributed by atoms with Gasteiger partial charge in [0, 0.05) is 19.5 Å². The first-order valence-electron chi connectivity index (χ1n) is 8.73. The van der Waals surface area contributed by atoms with E-state index in [1.807, 2.05) is 26.0 Å². The number of nitrogens with one attached hydrogen (secondary N) is 1. The number of aryl methyl sites for hydroxylation is 2. The Kier molecular flexibility index (Phi) is 6.96. The third-order valence-electron chi connectivity index (χ3n) is 4.32. The summed E-state index contributed by atoms with van der Waals surface area (Å²) in [6, 6.07) is 11.5. The van der Waals surface area contributed by atoms with E-state index in [-0.39, 0.29) is 31.2 Å². The molecule has 146 valence electrons. The van der Waals surface area contributed by atoms with Crippen LogP contribution in [0.15, 0.2) is 42.5 Å². The van der Waals surface area contributed by atoms with Crippen molar-refractivity contribution < 1.29 is 17.6 Å². The van der Waals surface area contributed by atoms with Crippen LogP contribution in [0.1, 0.15) is 29.5 Å². The molecule has 1 amide bonds. The average Bonchev–Trinajstić information content (AvgIpc) is 2.58. The third-order valence-corrected chi connectivity index (χ3v) is 5.52. The van der Waals surface area contributed by atoms with Gasteiger partial charge in [-0.25, -0.2) is 12.8 Å². The lowest BCUT2D eigenvalue weighted by molar-refractivity contribution is -0.121. The molecule has 0 bridgehead atoms. The molecule has 0 saturated carbocycles. The Morgan fingerprint density at radius 2 is 1.85 bits per heavy atom. The molecule has 0 saturated heterocycles. The van der Waals surface area contributed by atoms with E-state index in [0.717, 1.165) is 17.4 Å². The van der Waals surface area contributed by atoms with E-state index in [1.165, 1.54) is 16.4 Å². The van der Waals surface area contributed by atoms with Gasteiger partial charge in [-0.2, -0.15) is 0 Å². The monoisotopic (exact) mass is 392 g/mol. The van der Waals surface area contributed by atoms with Gasteiger partial charge in [0.2, 0.25) is 15.9 Å². The summed E-state index contributed by atoms with van der Waals surface area (Å²) in [5.41, 5.74) is 3.37. The Morgan fingerprint density at radius 3 is 2.48 bits per heavy atom. The number of amides is 1. The van der Waals surface area contributed by atoms with Gasteiger partial charge in [-0.1, -0.05) is 18.2 Å². The van der Waals surface area contributed by atoms with Gasteiger partial charge in [0.1, 0.15) is 5.82 Å². The summed E-state index contributed by atoms with van der Waals surface area (Å²) in [4.78, 5) is 12.0. The molecule has 0 aromatic heterocycles. The van der Waals surface area contributed by atoms with E-state index in [4.69, 9.17) is 0 Å². The molecular weight excluding hydrogens is 367 g/mol. The smallest absolute Gasteiger partial charge is 0.232 e. The number of nitrogens with zero attached hydrogens (tertiary/aromatic N) is 1. The quantitative estimate of drug-likeness (QED) is 0.750. The zero-order chi connectivity index (χ0) is 20.0. The number of anilines is 1. The summed E-state index contributed by atoms with van der Waals surface area (Å²) in [6.45, 7) is 4.35. The maximum Gasteiger partial charge on any atom is 0.232 e. The highest BCUT2D eigenvalue weighted by atomic mass is 32.2. The molecule has 0 aliphatic carbocycles. The van der Waals surface area contributed by atoms with Crippen LogP contribution in [0.3, 0.4) is 0 Å². The Balaban J connectivity index is 1.91. The van der Waals surface area contributed by atoms with E-state index < -0.39 is 10.0 Å². The SMILES string of the molecule is Cc1ccc(N(CCCC(=O)NCc2cccc(F)c2)S(C)(=O)=O)cc1C. The summed E-state index contributed by atoms with van der Waals surface area (Å²) < 4.78 is 38.7. The highest BCUT2D eigenvalue weighted by Gasteiger charge is 2.18. The van der Waals surface area contributed by atoms with E-state index in [2.05, 4.69) is 5.32 Å². The summed E-state index contributed by atoms with van der Waals surface area (Å²) in [7, 11) is -3.45. The van der Waals surface area contributed by atoms with Crippen molar-refractivity contribution in [3.05, 3.63) is 65.0 Å². The van der Waals surface area contributed by atoms with Crippen molar-refractivity contribution in [1.29, 1.82) is 0 Å².